The highest BCUT2D eigenvalue weighted by Gasteiger charge is 2.14. The van der Waals surface area contributed by atoms with E-state index in [1.54, 1.807) is 18.2 Å². The first-order chi connectivity index (χ1) is 16.6. The summed E-state index contributed by atoms with van der Waals surface area (Å²) in [6.07, 6.45) is 6.55. The summed E-state index contributed by atoms with van der Waals surface area (Å²) in [4.78, 5) is 30.3. The summed E-state index contributed by atoms with van der Waals surface area (Å²) in [7, 11) is 0. The van der Waals surface area contributed by atoms with E-state index < -0.39 is 0 Å². The fraction of sp³-hybridized carbons (Fsp3) is 0.222. The Hall–Kier alpha value is -4.49. The number of anilines is 3. The minimum Gasteiger partial charge on any atom is -0.371 e. The van der Waals surface area contributed by atoms with Crippen LogP contribution in [0.25, 0.3) is 20.9 Å². The van der Waals surface area contributed by atoms with E-state index in [-0.39, 0.29) is 17.9 Å². The van der Waals surface area contributed by atoms with E-state index in [9.17, 15) is 4.79 Å². The van der Waals surface area contributed by atoms with Gasteiger partial charge in [0.15, 0.2) is 11.5 Å². The van der Waals surface area contributed by atoms with Gasteiger partial charge in [-0.15, -0.1) is 0 Å². The van der Waals surface area contributed by atoms with Crippen molar-refractivity contribution in [2.45, 2.75) is 25.7 Å². The molecule has 0 amide bonds. The zero-order valence-electron chi connectivity index (χ0n) is 18.8. The average molecular weight is 449 g/mol. The van der Waals surface area contributed by atoms with E-state index in [2.05, 4.69) is 48.6 Å². The van der Waals surface area contributed by atoms with Crippen LogP contribution in [-0.4, -0.2) is 28.8 Å². The van der Waals surface area contributed by atoms with Crippen molar-refractivity contribution in [1.82, 2.24) is 9.97 Å². The molecular formula is C27H24N6O. The molecule has 34 heavy (non-hydrogen) atoms. The maximum Gasteiger partial charge on any atom is 0.230 e. The molecule has 0 unspecified atom stereocenters. The second kappa shape index (κ2) is 10.4. The van der Waals surface area contributed by atoms with Gasteiger partial charge in [0.1, 0.15) is 0 Å². The Morgan fingerprint density at radius 1 is 1.12 bits per heavy atom. The van der Waals surface area contributed by atoms with Gasteiger partial charge < -0.3 is 10.2 Å². The topological polar surface area (TPSA) is 66.8 Å². The first-order valence-electron chi connectivity index (χ1n) is 11.1. The number of carbonyl (C=O) groups excluding carboxylic acids is 1. The third kappa shape index (κ3) is 5.28. The second-order valence-corrected chi connectivity index (χ2v) is 8.11. The average Bonchev–Trinajstić information content (AvgIpc) is 2.89. The van der Waals surface area contributed by atoms with Gasteiger partial charge in [0.2, 0.25) is 11.6 Å². The third-order valence-electron chi connectivity index (χ3n) is 5.70. The number of nitrogens with zero attached hydrogens (tertiary/aromatic N) is 5. The molecule has 2 heterocycles. The number of benzene rings is 2. The Morgan fingerprint density at radius 2 is 1.94 bits per heavy atom. The predicted molar refractivity (Wildman–Crippen MR) is 135 cm³/mol. The summed E-state index contributed by atoms with van der Waals surface area (Å²) in [5, 5.41) is 3.25. The van der Waals surface area contributed by atoms with Gasteiger partial charge in [-0.05, 0) is 55.2 Å². The fourth-order valence-electron chi connectivity index (χ4n) is 4.04. The molecule has 0 atom stereocenters. The normalized spacial score (nSPS) is 12.9. The van der Waals surface area contributed by atoms with E-state index in [0.717, 1.165) is 24.5 Å². The molecule has 1 aliphatic heterocycles. The Bertz CT molecular complexity index is 1310. The molecular weight excluding hydrogens is 424 g/mol. The van der Waals surface area contributed by atoms with Gasteiger partial charge in [0.25, 0.3) is 0 Å². The van der Waals surface area contributed by atoms with Crippen LogP contribution in [0.1, 0.15) is 24.8 Å². The molecule has 0 spiro atoms. The van der Waals surface area contributed by atoms with Crippen molar-refractivity contribution >= 4 is 34.5 Å². The molecule has 4 rings (SSSR count). The van der Waals surface area contributed by atoms with Crippen molar-refractivity contribution in [2.24, 2.45) is 0 Å². The maximum absolute atomic E-state index is 11.9. The molecule has 1 aliphatic rings. The van der Waals surface area contributed by atoms with Gasteiger partial charge in [-0.1, -0.05) is 30.3 Å². The van der Waals surface area contributed by atoms with Crippen molar-refractivity contribution in [2.75, 3.05) is 23.3 Å². The van der Waals surface area contributed by atoms with E-state index >= 15 is 0 Å². The molecule has 3 aromatic rings. The summed E-state index contributed by atoms with van der Waals surface area (Å²) in [5.74, 6) is 0.215. The monoisotopic (exact) mass is 448 g/mol. The molecule has 1 N–H and O–H groups in total. The summed E-state index contributed by atoms with van der Waals surface area (Å²) >= 11 is 0. The molecule has 0 radical (unpaired) electrons. The Morgan fingerprint density at radius 3 is 2.68 bits per heavy atom. The van der Waals surface area contributed by atoms with Gasteiger partial charge in [0.05, 0.1) is 18.8 Å². The van der Waals surface area contributed by atoms with Crippen molar-refractivity contribution in [3.8, 4) is 11.3 Å². The summed E-state index contributed by atoms with van der Waals surface area (Å²) in [5.41, 5.74) is 4.35. The highest BCUT2D eigenvalue weighted by Crippen LogP contribution is 2.33. The second-order valence-electron chi connectivity index (χ2n) is 8.11. The van der Waals surface area contributed by atoms with Crippen LogP contribution in [0.4, 0.5) is 28.7 Å². The van der Waals surface area contributed by atoms with Crippen LogP contribution in [0, 0.1) is 13.1 Å². The van der Waals surface area contributed by atoms with E-state index in [0.29, 0.717) is 28.5 Å². The molecule has 0 aliphatic carbocycles. The number of hydrogen-bond acceptors (Lipinski definition) is 5. The molecule has 0 saturated carbocycles. The zero-order valence-corrected chi connectivity index (χ0v) is 18.8. The SMILES string of the molecule is [C-]#[N+]c1cc(CC(=O)C=C)cc(-c2nc(Nc3cccc(N4CCCCC4)c3)ncc2[N+]#[C-])c1. The van der Waals surface area contributed by atoms with Crippen LogP contribution >= 0.6 is 0 Å². The van der Waals surface area contributed by atoms with E-state index in [1.165, 1.54) is 31.5 Å². The lowest BCUT2D eigenvalue weighted by atomic mass is 10.0. The van der Waals surface area contributed by atoms with Crippen molar-refractivity contribution in [3.05, 3.63) is 89.7 Å². The van der Waals surface area contributed by atoms with Crippen LogP contribution in [-0.2, 0) is 11.2 Å². The number of allylic oxidation sites excluding steroid dienone is 1. The van der Waals surface area contributed by atoms with Gasteiger partial charge in [-0.3, -0.25) is 4.79 Å². The molecule has 168 valence electrons. The van der Waals surface area contributed by atoms with Crippen molar-refractivity contribution < 1.29 is 4.79 Å². The quantitative estimate of drug-likeness (QED) is 0.340. The number of ketones is 1. The van der Waals surface area contributed by atoms with Crippen molar-refractivity contribution in [1.29, 1.82) is 0 Å². The zero-order chi connectivity index (χ0) is 23.9. The number of hydrogen-bond donors (Lipinski definition) is 1. The number of rotatable bonds is 7. The number of nitrogens with one attached hydrogen (secondary N) is 1. The highest BCUT2D eigenvalue weighted by atomic mass is 16.1. The number of aromatic nitrogens is 2. The minimum atomic E-state index is -0.142. The smallest absolute Gasteiger partial charge is 0.230 e. The van der Waals surface area contributed by atoms with Crippen molar-refractivity contribution in [3.63, 3.8) is 0 Å². The lowest BCUT2D eigenvalue weighted by molar-refractivity contribution is -0.114. The van der Waals surface area contributed by atoms with E-state index in [1.807, 2.05) is 12.1 Å². The first-order valence-corrected chi connectivity index (χ1v) is 11.1. The molecule has 1 fully saturated rings. The summed E-state index contributed by atoms with van der Waals surface area (Å²) < 4.78 is 0. The Kier molecular flexibility index (Phi) is 6.95. The van der Waals surface area contributed by atoms with Crippen LogP contribution in [0.3, 0.4) is 0 Å². The van der Waals surface area contributed by atoms with Gasteiger partial charge in [-0.25, -0.2) is 19.7 Å². The maximum atomic E-state index is 11.9. The van der Waals surface area contributed by atoms with Gasteiger partial charge >= 0.3 is 0 Å². The van der Waals surface area contributed by atoms with Crippen LogP contribution < -0.4 is 10.2 Å². The highest BCUT2D eigenvalue weighted by molar-refractivity contribution is 5.91. The molecule has 7 nitrogen and oxygen atoms in total. The lowest BCUT2D eigenvalue weighted by Gasteiger charge is -2.29. The summed E-state index contributed by atoms with van der Waals surface area (Å²) in [6.45, 7) is 20.6. The third-order valence-corrected chi connectivity index (χ3v) is 5.70. The molecule has 1 aromatic heterocycles. The Balaban J connectivity index is 1.66. The molecule has 0 bridgehead atoms. The van der Waals surface area contributed by atoms with Crippen LogP contribution in [0.5, 0.6) is 0 Å². The molecule has 2 aromatic carbocycles. The fourth-order valence-corrected chi connectivity index (χ4v) is 4.04. The predicted octanol–water partition coefficient (Wildman–Crippen LogP) is 6.28. The van der Waals surface area contributed by atoms with Crippen LogP contribution in [0.2, 0.25) is 0 Å². The van der Waals surface area contributed by atoms with Gasteiger partial charge in [0, 0.05) is 37.1 Å². The summed E-state index contributed by atoms with van der Waals surface area (Å²) in [6, 6.07) is 13.3. The number of piperidine rings is 1. The standard InChI is InChI=1S/C27H24N6O/c1-4-24(34)15-19-13-20(16-22(14-19)28-2)26-25(29-3)18-30-27(32-26)31-21-9-8-10-23(17-21)33-11-6-5-7-12-33/h4,8-10,13-14,16-18H,1,5-7,11-12,15H2,(H,30,31,32). The number of carbonyl (C=O) groups is 1. The molecule has 1 saturated heterocycles. The van der Waals surface area contributed by atoms with Crippen LogP contribution in [0.15, 0.2) is 61.3 Å². The lowest BCUT2D eigenvalue weighted by Crippen LogP contribution is -2.29. The minimum absolute atomic E-state index is 0.132. The Labute approximate surface area is 199 Å². The van der Waals surface area contributed by atoms with E-state index in [4.69, 9.17) is 13.1 Å². The molecule has 7 heteroatoms. The van der Waals surface area contributed by atoms with Gasteiger partial charge in [-0.2, -0.15) is 0 Å². The first kappa shape index (κ1) is 22.7. The largest absolute Gasteiger partial charge is 0.371 e.